The molecule has 2 aromatic carbocycles. The molecule has 0 bridgehead atoms. The number of rotatable bonds is 7. The number of likely N-dealkylation sites (N-methyl/N-ethyl adjacent to an activating group) is 1. The molecule has 0 radical (unpaired) electrons. The number of nitrogens with one attached hydrogen (secondary N) is 1. The highest BCUT2D eigenvalue weighted by molar-refractivity contribution is 5.64. The third-order valence-electron chi connectivity index (χ3n) is 3.55. The summed E-state index contributed by atoms with van der Waals surface area (Å²) in [6, 6.07) is 17.6. The fourth-order valence-electron chi connectivity index (χ4n) is 2.52. The lowest BCUT2D eigenvalue weighted by Gasteiger charge is -2.12. The van der Waals surface area contributed by atoms with Crippen LogP contribution in [-0.4, -0.2) is 19.2 Å². The van der Waals surface area contributed by atoms with Crippen LogP contribution in [0.5, 0.6) is 5.75 Å². The molecule has 1 atom stereocenters. The smallest absolute Gasteiger partial charge is 0.119 e. The fourth-order valence-corrected chi connectivity index (χ4v) is 2.52. The standard InChI is InChI=1S/C19H25NO/c1-4-20-15(3)14-16-6-8-17(9-7-16)18-10-12-19(13-11-18)21-5-2/h6-13,15,20H,4-5,14H2,1-3H3. The first-order chi connectivity index (χ1) is 10.2. The van der Waals surface area contributed by atoms with E-state index in [1.54, 1.807) is 0 Å². The van der Waals surface area contributed by atoms with Gasteiger partial charge in [-0.2, -0.15) is 0 Å². The van der Waals surface area contributed by atoms with Crippen LogP contribution < -0.4 is 10.1 Å². The molecular formula is C19H25NO. The molecule has 0 fully saturated rings. The van der Waals surface area contributed by atoms with Crippen molar-refractivity contribution in [3.05, 3.63) is 54.1 Å². The van der Waals surface area contributed by atoms with E-state index in [4.69, 9.17) is 4.74 Å². The highest BCUT2D eigenvalue weighted by atomic mass is 16.5. The molecule has 0 aliphatic carbocycles. The van der Waals surface area contributed by atoms with Crippen LogP contribution in [0.3, 0.4) is 0 Å². The fraction of sp³-hybridized carbons (Fsp3) is 0.368. The minimum absolute atomic E-state index is 0.520. The molecule has 0 amide bonds. The zero-order chi connectivity index (χ0) is 15.1. The van der Waals surface area contributed by atoms with Crippen molar-refractivity contribution in [1.29, 1.82) is 0 Å². The average Bonchev–Trinajstić information content (AvgIpc) is 2.49. The van der Waals surface area contributed by atoms with Crippen LogP contribution in [0.25, 0.3) is 11.1 Å². The van der Waals surface area contributed by atoms with Gasteiger partial charge in [-0.3, -0.25) is 0 Å². The maximum Gasteiger partial charge on any atom is 0.119 e. The second-order valence-electron chi connectivity index (χ2n) is 5.32. The molecule has 1 N–H and O–H groups in total. The monoisotopic (exact) mass is 283 g/mol. The summed E-state index contributed by atoms with van der Waals surface area (Å²) in [5.74, 6) is 0.928. The molecular weight excluding hydrogens is 258 g/mol. The molecule has 0 aliphatic rings. The Balaban J connectivity index is 2.04. The molecule has 0 spiro atoms. The Morgan fingerprint density at radius 1 is 0.905 bits per heavy atom. The maximum absolute atomic E-state index is 5.48. The molecule has 1 unspecified atom stereocenters. The molecule has 0 heterocycles. The lowest BCUT2D eigenvalue weighted by Crippen LogP contribution is -2.27. The van der Waals surface area contributed by atoms with E-state index in [0.29, 0.717) is 12.6 Å². The first-order valence-corrected chi connectivity index (χ1v) is 7.78. The Labute approximate surface area is 128 Å². The van der Waals surface area contributed by atoms with E-state index >= 15 is 0 Å². The topological polar surface area (TPSA) is 21.3 Å². The van der Waals surface area contributed by atoms with E-state index in [-0.39, 0.29) is 0 Å². The zero-order valence-corrected chi connectivity index (χ0v) is 13.2. The van der Waals surface area contributed by atoms with Crippen molar-refractivity contribution in [3.8, 4) is 16.9 Å². The minimum Gasteiger partial charge on any atom is -0.494 e. The summed E-state index contributed by atoms with van der Waals surface area (Å²) in [5, 5.41) is 3.44. The molecule has 21 heavy (non-hydrogen) atoms. The predicted molar refractivity (Wildman–Crippen MR) is 89.9 cm³/mol. The van der Waals surface area contributed by atoms with Gasteiger partial charge in [0.2, 0.25) is 0 Å². The van der Waals surface area contributed by atoms with E-state index in [9.17, 15) is 0 Å². The minimum atomic E-state index is 0.520. The zero-order valence-electron chi connectivity index (χ0n) is 13.2. The molecule has 0 saturated carbocycles. The summed E-state index contributed by atoms with van der Waals surface area (Å²) in [7, 11) is 0. The van der Waals surface area contributed by atoms with Gasteiger partial charge in [0.25, 0.3) is 0 Å². The van der Waals surface area contributed by atoms with Crippen LogP contribution in [-0.2, 0) is 6.42 Å². The van der Waals surface area contributed by atoms with Crippen molar-refractivity contribution in [3.63, 3.8) is 0 Å². The number of hydrogen-bond donors (Lipinski definition) is 1. The summed E-state index contributed by atoms with van der Waals surface area (Å²) < 4.78 is 5.48. The van der Waals surface area contributed by atoms with E-state index in [2.05, 4.69) is 55.6 Å². The normalized spacial score (nSPS) is 12.1. The van der Waals surface area contributed by atoms with E-state index in [1.165, 1.54) is 16.7 Å². The molecule has 0 aromatic heterocycles. The van der Waals surface area contributed by atoms with Gasteiger partial charge < -0.3 is 10.1 Å². The summed E-state index contributed by atoms with van der Waals surface area (Å²) in [5.41, 5.74) is 3.85. The summed E-state index contributed by atoms with van der Waals surface area (Å²) in [6.07, 6.45) is 1.07. The predicted octanol–water partition coefficient (Wildman–Crippen LogP) is 4.29. The van der Waals surface area contributed by atoms with Crippen molar-refractivity contribution < 1.29 is 4.74 Å². The van der Waals surface area contributed by atoms with Crippen LogP contribution in [0.2, 0.25) is 0 Å². The van der Waals surface area contributed by atoms with Crippen LogP contribution >= 0.6 is 0 Å². The molecule has 2 nitrogen and oxygen atoms in total. The van der Waals surface area contributed by atoms with Gasteiger partial charge in [-0.05, 0) is 55.6 Å². The number of ether oxygens (including phenoxy) is 1. The van der Waals surface area contributed by atoms with Gasteiger partial charge in [-0.15, -0.1) is 0 Å². The number of hydrogen-bond acceptors (Lipinski definition) is 2. The lowest BCUT2D eigenvalue weighted by atomic mass is 10.0. The largest absolute Gasteiger partial charge is 0.494 e. The highest BCUT2D eigenvalue weighted by Crippen LogP contribution is 2.23. The van der Waals surface area contributed by atoms with Crippen molar-refractivity contribution in [2.75, 3.05) is 13.2 Å². The number of benzene rings is 2. The molecule has 2 rings (SSSR count). The van der Waals surface area contributed by atoms with Crippen LogP contribution in [0, 0.1) is 0 Å². The third-order valence-corrected chi connectivity index (χ3v) is 3.55. The SMILES string of the molecule is CCNC(C)Cc1ccc(-c2ccc(OCC)cc2)cc1. The van der Waals surface area contributed by atoms with Gasteiger partial charge in [0.05, 0.1) is 6.61 Å². The summed E-state index contributed by atoms with van der Waals surface area (Å²) in [6.45, 7) is 8.10. The van der Waals surface area contributed by atoms with Gasteiger partial charge in [0, 0.05) is 6.04 Å². The molecule has 0 saturated heterocycles. The second kappa shape index (κ2) is 7.84. The molecule has 2 aromatic rings. The Morgan fingerprint density at radius 2 is 1.48 bits per heavy atom. The van der Waals surface area contributed by atoms with Gasteiger partial charge in [0.15, 0.2) is 0 Å². The van der Waals surface area contributed by atoms with Crippen molar-refractivity contribution in [1.82, 2.24) is 5.32 Å². The first-order valence-electron chi connectivity index (χ1n) is 7.78. The Kier molecular flexibility index (Phi) is 5.82. The Morgan fingerprint density at radius 3 is 2.00 bits per heavy atom. The Bertz CT molecular complexity index is 530. The first kappa shape index (κ1) is 15.6. The second-order valence-corrected chi connectivity index (χ2v) is 5.32. The van der Waals surface area contributed by atoms with Crippen LogP contribution in [0.1, 0.15) is 26.3 Å². The lowest BCUT2D eigenvalue weighted by molar-refractivity contribution is 0.340. The van der Waals surface area contributed by atoms with Gasteiger partial charge in [-0.1, -0.05) is 43.3 Å². The van der Waals surface area contributed by atoms with Crippen molar-refractivity contribution in [2.24, 2.45) is 0 Å². The molecule has 2 heteroatoms. The quantitative estimate of drug-likeness (QED) is 0.818. The van der Waals surface area contributed by atoms with Crippen LogP contribution in [0.4, 0.5) is 0 Å². The van der Waals surface area contributed by atoms with E-state index in [0.717, 1.165) is 18.7 Å². The van der Waals surface area contributed by atoms with Gasteiger partial charge >= 0.3 is 0 Å². The molecule has 112 valence electrons. The summed E-state index contributed by atoms with van der Waals surface area (Å²) in [4.78, 5) is 0. The van der Waals surface area contributed by atoms with Crippen molar-refractivity contribution in [2.45, 2.75) is 33.2 Å². The van der Waals surface area contributed by atoms with Crippen molar-refractivity contribution >= 4 is 0 Å². The summed E-state index contributed by atoms with van der Waals surface area (Å²) >= 11 is 0. The third kappa shape index (κ3) is 4.61. The van der Waals surface area contributed by atoms with Crippen LogP contribution in [0.15, 0.2) is 48.5 Å². The molecule has 0 aliphatic heterocycles. The van der Waals surface area contributed by atoms with E-state index < -0.39 is 0 Å². The van der Waals surface area contributed by atoms with E-state index in [1.807, 2.05) is 19.1 Å². The van der Waals surface area contributed by atoms with Gasteiger partial charge in [-0.25, -0.2) is 0 Å². The average molecular weight is 283 g/mol. The Hall–Kier alpha value is -1.80. The highest BCUT2D eigenvalue weighted by Gasteiger charge is 2.03. The van der Waals surface area contributed by atoms with Gasteiger partial charge in [0.1, 0.15) is 5.75 Å². The maximum atomic E-state index is 5.48.